The summed E-state index contributed by atoms with van der Waals surface area (Å²) in [4.78, 5) is 72.0. The van der Waals surface area contributed by atoms with Crippen LogP contribution in [0.5, 0.6) is 0 Å². The summed E-state index contributed by atoms with van der Waals surface area (Å²) in [6.07, 6.45) is 10.8. The lowest BCUT2D eigenvalue weighted by molar-refractivity contribution is -0.149. The van der Waals surface area contributed by atoms with E-state index < -0.39 is 41.4 Å². The summed E-state index contributed by atoms with van der Waals surface area (Å²) in [6, 6.07) is 8.82. The van der Waals surface area contributed by atoms with E-state index in [0.29, 0.717) is 11.1 Å². The van der Waals surface area contributed by atoms with Gasteiger partial charge in [-0.05, 0) is 66.6 Å². The van der Waals surface area contributed by atoms with Gasteiger partial charge in [-0.1, -0.05) is 30.4 Å². The van der Waals surface area contributed by atoms with E-state index >= 15 is 0 Å². The average molecular weight is 540 g/mol. The zero-order valence-corrected chi connectivity index (χ0v) is 21.0. The second kappa shape index (κ2) is 10.4. The highest BCUT2D eigenvalue weighted by molar-refractivity contribution is 6.15. The van der Waals surface area contributed by atoms with Crippen LogP contribution in [0.2, 0.25) is 0 Å². The first kappa shape index (κ1) is 26.2. The Hall–Kier alpha value is -5.38. The molecule has 3 aliphatic rings. The minimum atomic E-state index is -1.14. The number of hydrogen-bond acceptors (Lipinski definition) is 10. The minimum Gasteiger partial charge on any atom is -0.451 e. The fraction of sp³-hybridized carbons (Fsp3) is 0.133. The van der Waals surface area contributed by atoms with E-state index in [1.54, 1.807) is 55.5 Å². The van der Waals surface area contributed by atoms with Gasteiger partial charge in [-0.2, -0.15) is 0 Å². The maximum absolute atomic E-state index is 12.7. The first-order valence-corrected chi connectivity index (χ1v) is 12.1. The van der Waals surface area contributed by atoms with Crippen LogP contribution in [0.1, 0.15) is 59.5 Å². The van der Waals surface area contributed by atoms with Crippen molar-refractivity contribution in [3.63, 3.8) is 0 Å². The molecule has 1 aliphatic carbocycles. The maximum atomic E-state index is 12.7. The quantitative estimate of drug-likeness (QED) is 0.304. The molecule has 0 aromatic heterocycles. The second-order valence-corrected chi connectivity index (χ2v) is 9.25. The molecule has 0 spiro atoms. The van der Waals surface area contributed by atoms with Crippen molar-refractivity contribution in [1.82, 2.24) is 0 Å². The van der Waals surface area contributed by atoms with E-state index in [0.717, 1.165) is 0 Å². The average Bonchev–Trinajstić information content (AvgIpc) is 3.36. The van der Waals surface area contributed by atoms with Gasteiger partial charge in [0.1, 0.15) is 11.4 Å². The molecule has 0 radical (unpaired) electrons. The van der Waals surface area contributed by atoms with Gasteiger partial charge in [-0.3, -0.25) is 9.59 Å². The van der Waals surface area contributed by atoms with Gasteiger partial charge in [0.15, 0.2) is 0 Å². The zero-order chi connectivity index (χ0) is 28.4. The lowest BCUT2D eigenvalue weighted by atomic mass is 10.0. The molecule has 1 unspecified atom stereocenters. The summed E-state index contributed by atoms with van der Waals surface area (Å²) in [5, 5.41) is 0. The zero-order valence-electron chi connectivity index (χ0n) is 21.0. The number of hydrogen-bond donors (Lipinski definition) is 0. The monoisotopic (exact) mass is 540 g/mol. The molecule has 1 atom stereocenters. The second-order valence-electron chi connectivity index (χ2n) is 9.25. The van der Waals surface area contributed by atoms with E-state index in [4.69, 9.17) is 9.47 Å². The molecule has 0 bridgehead atoms. The van der Waals surface area contributed by atoms with E-state index in [9.17, 15) is 28.8 Å². The topological polar surface area (TPSA) is 139 Å². The fourth-order valence-corrected chi connectivity index (χ4v) is 4.25. The van der Waals surface area contributed by atoms with Gasteiger partial charge >= 0.3 is 35.8 Å². The molecular weight excluding hydrogens is 520 g/mol. The molecule has 10 heteroatoms. The largest absolute Gasteiger partial charge is 0.451 e. The van der Waals surface area contributed by atoms with Gasteiger partial charge in [0.25, 0.3) is 0 Å². The first-order valence-electron chi connectivity index (χ1n) is 12.1. The summed E-state index contributed by atoms with van der Waals surface area (Å²) in [7, 11) is 0. The molecule has 0 N–H and O–H groups in total. The van der Waals surface area contributed by atoms with E-state index in [-0.39, 0.29) is 40.9 Å². The van der Waals surface area contributed by atoms with E-state index in [1.807, 2.05) is 0 Å². The number of benzene rings is 2. The summed E-state index contributed by atoms with van der Waals surface area (Å²) < 4.78 is 20.2. The molecule has 0 saturated carbocycles. The molecule has 5 rings (SSSR count). The van der Waals surface area contributed by atoms with Crippen LogP contribution < -0.4 is 0 Å². The molecule has 2 aromatic rings. The lowest BCUT2D eigenvalue weighted by Crippen LogP contribution is -2.28. The van der Waals surface area contributed by atoms with Crippen molar-refractivity contribution in [3.8, 4) is 0 Å². The number of ether oxygens (including phenoxy) is 4. The van der Waals surface area contributed by atoms with Crippen LogP contribution in [0.25, 0.3) is 0 Å². The predicted molar refractivity (Wildman–Crippen MR) is 136 cm³/mol. The van der Waals surface area contributed by atoms with E-state index in [1.165, 1.54) is 30.3 Å². The van der Waals surface area contributed by atoms with Crippen molar-refractivity contribution < 1.29 is 47.7 Å². The van der Waals surface area contributed by atoms with Crippen molar-refractivity contribution in [3.05, 3.63) is 118 Å². The number of esters is 6. The van der Waals surface area contributed by atoms with Crippen LogP contribution >= 0.6 is 0 Å². The molecule has 0 fully saturated rings. The number of carbonyl (C=O) groups is 6. The first-order chi connectivity index (χ1) is 19.1. The summed E-state index contributed by atoms with van der Waals surface area (Å²) in [5.74, 6) is -3.91. The normalized spacial score (nSPS) is 22.8. The van der Waals surface area contributed by atoms with Crippen molar-refractivity contribution in [2.75, 3.05) is 0 Å². The molecule has 200 valence electrons. The van der Waals surface area contributed by atoms with Gasteiger partial charge in [0.2, 0.25) is 0 Å². The Bertz CT molecular complexity index is 1620. The lowest BCUT2D eigenvalue weighted by Gasteiger charge is -2.22. The van der Waals surface area contributed by atoms with Crippen LogP contribution in [0, 0.1) is 0 Å². The van der Waals surface area contributed by atoms with Crippen molar-refractivity contribution >= 4 is 35.8 Å². The highest BCUT2D eigenvalue weighted by Gasteiger charge is 2.31. The SMILES string of the molecule is CC1(OC(=O)Cc2ccc3c(c2)C(=O)OC3=O)\C=C/C=C\C(OC(=O)Cc2ccc3c(c2)C(=O)OC3=O)=C/C=C\1. The Balaban J connectivity index is 1.21. The fourth-order valence-electron chi connectivity index (χ4n) is 4.25. The molecule has 40 heavy (non-hydrogen) atoms. The van der Waals surface area contributed by atoms with Crippen LogP contribution in [-0.4, -0.2) is 41.4 Å². The van der Waals surface area contributed by atoms with Gasteiger partial charge in [-0.25, -0.2) is 19.2 Å². The third-order valence-corrected chi connectivity index (χ3v) is 6.17. The van der Waals surface area contributed by atoms with Gasteiger partial charge in [0.05, 0.1) is 35.1 Å². The Kier molecular flexibility index (Phi) is 6.83. The van der Waals surface area contributed by atoms with Crippen LogP contribution in [-0.2, 0) is 41.4 Å². The number of carbonyl (C=O) groups excluding carboxylic acids is 6. The standard InChI is InChI=1S/C30H20O10/c1-30(40-25(32)16-18-8-10-21-23(14-18)29(36)39-27(21)34)11-3-2-5-19(6-4-12-30)37-24(31)15-17-7-9-20-22(13-17)28(35)38-26(20)33/h2-14H,15-16H2,1H3/b5-2-,11-3-,12-4-,19-6+. The predicted octanol–water partition coefficient (Wildman–Crippen LogP) is 3.50. The third kappa shape index (κ3) is 5.56. The molecule has 2 aromatic carbocycles. The van der Waals surface area contributed by atoms with Crippen molar-refractivity contribution in [1.29, 1.82) is 0 Å². The van der Waals surface area contributed by atoms with E-state index in [2.05, 4.69) is 9.47 Å². The molecule has 10 nitrogen and oxygen atoms in total. The van der Waals surface area contributed by atoms with Crippen LogP contribution in [0.4, 0.5) is 0 Å². The molecule has 2 heterocycles. The molecule has 2 aliphatic heterocycles. The Labute approximate surface area is 227 Å². The number of fused-ring (bicyclic) bond motifs is 2. The van der Waals surface area contributed by atoms with Gasteiger partial charge < -0.3 is 18.9 Å². The number of allylic oxidation sites excluding steroid dienone is 5. The highest BCUT2D eigenvalue weighted by atomic mass is 16.6. The van der Waals surface area contributed by atoms with Crippen LogP contribution in [0.3, 0.4) is 0 Å². The molecule has 0 amide bonds. The van der Waals surface area contributed by atoms with Crippen molar-refractivity contribution in [2.45, 2.75) is 25.4 Å². The number of rotatable bonds is 6. The number of cyclic esters (lactones) is 4. The minimum absolute atomic E-state index is 0.104. The van der Waals surface area contributed by atoms with Crippen molar-refractivity contribution in [2.24, 2.45) is 0 Å². The Morgan fingerprint density at radius 2 is 1.23 bits per heavy atom. The van der Waals surface area contributed by atoms with Gasteiger partial charge in [-0.15, -0.1) is 0 Å². The Morgan fingerprint density at radius 3 is 1.82 bits per heavy atom. The summed E-state index contributed by atoms with van der Waals surface area (Å²) >= 11 is 0. The maximum Gasteiger partial charge on any atom is 0.346 e. The summed E-state index contributed by atoms with van der Waals surface area (Å²) in [6.45, 7) is 1.67. The summed E-state index contributed by atoms with van der Waals surface area (Å²) in [5.41, 5.74) is 0.334. The molecular formula is C30H20O10. The van der Waals surface area contributed by atoms with Crippen LogP contribution in [0.15, 0.2) is 84.7 Å². The highest BCUT2D eigenvalue weighted by Crippen LogP contribution is 2.24. The smallest absolute Gasteiger partial charge is 0.346 e. The van der Waals surface area contributed by atoms with Gasteiger partial charge in [0, 0.05) is 0 Å². The Morgan fingerprint density at radius 1 is 0.700 bits per heavy atom. The third-order valence-electron chi connectivity index (χ3n) is 6.17. The molecule has 0 saturated heterocycles.